The molecule has 1 unspecified atom stereocenters. The Morgan fingerprint density at radius 2 is 2.24 bits per heavy atom. The fourth-order valence-corrected chi connectivity index (χ4v) is 1.55. The van der Waals surface area contributed by atoms with Crippen LogP contribution in [0.3, 0.4) is 0 Å². The smallest absolute Gasteiger partial charge is 0.128 e. The number of ether oxygens (including phenoxy) is 1. The first-order valence-corrected chi connectivity index (χ1v) is 5.64. The Hall–Kier alpha value is -1.17. The molecular formula is C12H21N3O2. The first-order valence-electron chi connectivity index (χ1n) is 5.64. The van der Waals surface area contributed by atoms with Crippen molar-refractivity contribution < 1.29 is 9.84 Å². The quantitative estimate of drug-likeness (QED) is 0.758. The third-order valence-corrected chi connectivity index (χ3v) is 2.53. The van der Waals surface area contributed by atoms with Crippen molar-refractivity contribution in [3.8, 4) is 0 Å². The maximum atomic E-state index is 9.61. The van der Waals surface area contributed by atoms with Gasteiger partial charge in [0.2, 0.25) is 0 Å². The Morgan fingerprint density at radius 3 is 2.71 bits per heavy atom. The van der Waals surface area contributed by atoms with E-state index in [9.17, 15) is 5.11 Å². The molecule has 96 valence electrons. The van der Waals surface area contributed by atoms with Gasteiger partial charge in [-0.15, -0.1) is 0 Å². The number of nitrogens with two attached hydrogens (primary N) is 1. The third-order valence-electron chi connectivity index (χ3n) is 2.53. The van der Waals surface area contributed by atoms with E-state index >= 15 is 0 Å². The minimum Gasteiger partial charge on any atom is -0.389 e. The normalized spacial score (nSPS) is 14.4. The molecule has 0 aliphatic carbocycles. The molecule has 0 aliphatic heterocycles. The average molecular weight is 239 g/mol. The molecule has 2 atom stereocenters. The van der Waals surface area contributed by atoms with Crippen LogP contribution in [0.1, 0.15) is 18.5 Å². The number of nitrogens with zero attached hydrogens (tertiary/aromatic N) is 2. The van der Waals surface area contributed by atoms with E-state index in [-0.39, 0.29) is 6.04 Å². The Morgan fingerprint density at radius 1 is 1.53 bits per heavy atom. The Kier molecular flexibility index (Phi) is 5.34. The van der Waals surface area contributed by atoms with Gasteiger partial charge in [0, 0.05) is 32.9 Å². The van der Waals surface area contributed by atoms with E-state index in [1.807, 2.05) is 31.0 Å². The van der Waals surface area contributed by atoms with E-state index in [2.05, 4.69) is 4.98 Å². The molecule has 1 rings (SSSR count). The molecule has 1 aromatic rings. The number of pyridine rings is 1. The van der Waals surface area contributed by atoms with E-state index in [0.717, 1.165) is 11.4 Å². The highest BCUT2D eigenvalue weighted by atomic mass is 16.5. The van der Waals surface area contributed by atoms with Gasteiger partial charge in [-0.25, -0.2) is 4.98 Å². The molecule has 17 heavy (non-hydrogen) atoms. The van der Waals surface area contributed by atoms with Crippen molar-refractivity contribution in [3.63, 3.8) is 0 Å². The van der Waals surface area contributed by atoms with E-state index in [1.165, 1.54) is 0 Å². The van der Waals surface area contributed by atoms with E-state index in [0.29, 0.717) is 13.2 Å². The van der Waals surface area contributed by atoms with Gasteiger partial charge in [0.05, 0.1) is 12.7 Å². The molecule has 5 heteroatoms. The maximum Gasteiger partial charge on any atom is 0.128 e. The molecule has 0 amide bonds. The standard InChI is InChI=1S/C12H21N3O2/c1-9(13)10-4-5-12(14-6-10)15(2)7-11(16)8-17-3/h4-6,9,11,16H,7-8,13H2,1-3H3/t9-,11?/m0/s1. The number of rotatable bonds is 6. The van der Waals surface area contributed by atoms with Crippen molar-refractivity contribution in [1.82, 2.24) is 4.98 Å². The van der Waals surface area contributed by atoms with E-state index < -0.39 is 6.10 Å². The second-order valence-corrected chi connectivity index (χ2v) is 4.23. The number of aliphatic hydroxyl groups excluding tert-OH is 1. The summed E-state index contributed by atoms with van der Waals surface area (Å²) in [7, 11) is 3.45. The molecule has 0 fully saturated rings. The van der Waals surface area contributed by atoms with Crippen molar-refractivity contribution in [1.29, 1.82) is 0 Å². The van der Waals surface area contributed by atoms with E-state index in [1.54, 1.807) is 13.3 Å². The lowest BCUT2D eigenvalue weighted by molar-refractivity contribution is 0.0694. The number of methoxy groups -OCH3 is 1. The number of aliphatic hydroxyl groups is 1. The third kappa shape index (κ3) is 4.30. The minimum absolute atomic E-state index is 0.0130. The minimum atomic E-state index is -0.514. The van der Waals surface area contributed by atoms with Crippen molar-refractivity contribution in [2.45, 2.75) is 19.1 Å². The molecule has 1 heterocycles. The Labute approximate surface area is 102 Å². The summed E-state index contributed by atoms with van der Waals surface area (Å²) in [5.74, 6) is 0.810. The fourth-order valence-electron chi connectivity index (χ4n) is 1.55. The molecule has 0 saturated carbocycles. The van der Waals surface area contributed by atoms with E-state index in [4.69, 9.17) is 10.5 Å². The number of hydrogen-bond acceptors (Lipinski definition) is 5. The topological polar surface area (TPSA) is 71.6 Å². The summed E-state index contributed by atoms with van der Waals surface area (Å²) in [6.07, 6.45) is 1.25. The average Bonchev–Trinajstić information content (AvgIpc) is 2.29. The van der Waals surface area contributed by atoms with Gasteiger partial charge in [-0.1, -0.05) is 6.07 Å². The van der Waals surface area contributed by atoms with Crippen LogP contribution >= 0.6 is 0 Å². The predicted molar refractivity (Wildman–Crippen MR) is 68.0 cm³/mol. The molecule has 1 aromatic heterocycles. The number of hydrogen-bond donors (Lipinski definition) is 2. The molecule has 3 N–H and O–H groups in total. The van der Waals surface area contributed by atoms with Crippen molar-refractivity contribution in [2.75, 3.05) is 32.2 Å². The van der Waals surface area contributed by atoms with Gasteiger partial charge in [0.15, 0.2) is 0 Å². The first kappa shape index (κ1) is 13.9. The molecule has 0 bridgehead atoms. The fraction of sp³-hybridized carbons (Fsp3) is 0.583. The summed E-state index contributed by atoms with van der Waals surface area (Å²) in [6, 6.07) is 3.84. The lowest BCUT2D eigenvalue weighted by Gasteiger charge is -2.21. The summed E-state index contributed by atoms with van der Waals surface area (Å²) >= 11 is 0. The maximum absolute atomic E-state index is 9.61. The van der Waals surface area contributed by atoms with Crippen LogP contribution in [0.25, 0.3) is 0 Å². The van der Waals surface area contributed by atoms with Crippen LogP contribution < -0.4 is 10.6 Å². The van der Waals surface area contributed by atoms with Gasteiger partial charge in [0.25, 0.3) is 0 Å². The van der Waals surface area contributed by atoms with Crippen LogP contribution in [-0.4, -0.2) is 43.5 Å². The summed E-state index contributed by atoms with van der Waals surface area (Å²) in [4.78, 5) is 6.19. The summed E-state index contributed by atoms with van der Waals surface area (Å²) in [5.41, 5.74) is 6.75. The molecule has 0 spiro atoms. The lowest BCUT2D eigenvalue weighted by Crippen LogP contribution is -2.32. The monoisotopic (exact) mass is 239 g/mol. The van der Waals surface area contributed by atoms with Gasteiger partial charge in [0.1, 0.15) is 5.82 Å². The summed E-state index contributed by atoms with van der Waals surface area (Å²) in [5, 5.41) is 9.61. The van der Waals surface area contributed by atoms with Crippen LogP contribution in [0.2, 0.25) is 0 Å². The first-order chi connectivity index (χ1) is 8.04. The van der Waals surface area contributed by atoms with Crippen LogP contribution in [0.15, 0.2) is 18.3 Å². The van der Waals surface area contributed by atoms with Crippen LogP contribution in [0.5, 0.6) is 0 Å². The molecule has 0 radical (unpaired) electrons. The summed E-state index contributed by atoms with van der Waals surface area (Å²) in [6.45, 7) is 2.73. The van der Waals surface area contributed by atoms with Gasteiger partial charge in [-0.3, -0.25) is 0 Å². The zero-order valence-electron chi connectivity index (χ0n) is 10.6. The van der Waals surface area contributed by atoms with Gasteiger partial charge < -0.3 is 20.5 Å². The zero-order chi connectivity index (χ0) is 12.8. The van der Waals surface area contributed by atoms with Crippen LogP contribution in [0, 0.1) is 0 Å². The largest absolute Gasteiger partial charge is 0.389 e. The molecular weight excluding hydrogens is 218 g/mol. The SMILES string of the molecule is COCC(O)CN(C)c1ccc([C@H](C)N)cn1. The number of anilines is 1. The molecule has 5 nitrogen and oxygen atoms in total. The van der Waals surface area contributed by atoms with Gasteiger partial charge in [-0.05, 0) is 18.6 Å². The zero-order valence-corrected chi connectivity index (χ0v) is 10.6. The second-order valence-electron chi connectivity index (χ2n) is 4.23. The Bertz CT molecular complexity index is 327. The number of likely N-dealkylation sites (N-methyl/N-ethyl adjacent to an activating group) is 1. The molecule has 0 aliphatic rings. The molecule has 0 aromatic carbocycles. The lowest BCUT2D eigenvalue weighted by atomic mass is 10.1. The van der Waals surface area contributed by atoms with Crippen molar-refractivity contribution in [2.24, 2.45) is 5.73 Å². The van der Waals surface area contributed by atoms with Crippen molar-refractivity contribution in [3.05, 3.63) is 23.9 Å². The highest BCUT2D eigenvalue weighted by Crippen LogP contribution is 2.13. The number of aromatic nitrogens is 1. The van der Waals surface area contributed by atoms with Gasteiger partial charge in [-0.2, -0.15) is 0 Å². The Balaban J connectivity index is 2.60. The van der Waals surface area contributed by atoms with Crippen LogP contribution in [-0.2, 0) is 4.74 Å². The van der Waals surface area contributed by atoms with Crippen molar-refractivity contribution >= 4 is 5.82 Å². The second kappa shape index (κ2) is 6.54. The predicted octanol–water partition coefficient (Wildman–Crippen LogP) is 0.545. The van der Waals surface area contributed by atoms with Gasteiger partial charge >= 0.3 is 0 Å². The summed E-state index contributed by atoms with van der Waals surface area (Å²) < 4.78 is 4.88. The van der Waals surface area contributed by atoms with Crippen LogP contribution in [0.4, 0.5) is 5.82 Å². The highest BCUT2D eigenvalue weighted by molar-refractivity contribution is 5.38. The highest BCUT2D eigenvalue weighted by Gasteiger charge is 2.09. The molecule has 0 saturated heterocycles.